The van der Waals surface area contributed by atoms with Gasteiger partial charge < -0.3 is 25.0 Å². The van der Waals surface area contributed by atoms with E-state index in [0.29, 0.717) is 5.96 Å². The fraction of sp³-hybridized carbons (Fsp3) is 0.391. The molecular weight excluding hydrogens is 505 g/mol. The molecule has 168 valence electrons. The maximum absolute atomic E-state index is 10.5. The number of aliphatic hydroxyl groups is 1. The van der Waals surface area contributed by atoms with Crippen LogP contribution in [0.15, 0.2) is 53.5 Å². The molecule has 0 aliphatic rings. The highest BCUT2D eigenvalue weighted by Gasteiger charge is 2.09. The Morgan fingerprint density at radius 2 is 2.00 bits per heavy atom. The van der Waals surface area contributed by atoms with Crippen molar-refractivity contribution in [3.8, 4) is 5.75 Å². The first kappa shape index (κ1) is 24.9. The Morgan fingerprint density at radius 3 is 2.77 bits per heavy atom. The van der Waals surface area contributed by atoms with Crippen LogP contribution in [0.4, 0.5) is 0 Å². The molecule has 3 N–H and O–H groups in total. The van der Waals surface area contributed by atoms with Crippen LogP contribution in [0.25, 0.3) is 11.0 Å². The molecule has 1 heterocycles. The van der Waals surface area contributed by atoms with Crippen LogP contribution >= 0.6 is 24.0 Å². The molecule has 1 atom stereocenters. The molecule has 1 unspecified atom stereocenters. The number of hydrogen-bond donors (Lipinski definition) is 3. The van der Waals surface area contributed by atoms with Crippen molar-refractivity contribution in [1.82, 2.24) is 20.2 Å². The fourth-order valence-electron chi connectivity index (χ4n) is 3.40. The summed E-state index contributed by atoms with van der Waals surface area (Å²) < 4.78 is 7.47. The van der Waals surface area contributed by atoms with E-state index < -0.39 is 6.10 Å². The summed E-state index contributed by atoms with van der Waals surface area (Å²) in [5.41, 5.74) is 2.98. The summed E-state index contributed by atoms with van der Waals surface area (Å²) in [4.78, 5) is 9.15. The fourth-order valence-corrected chi connectivity index (χ4v) is 3.40. The molecule has 0 aliphatic heterocycles. The molecule has 0 saturated heterocycles. The van der Waals surface area contributed by atoms with Crippen molar-refractivity contribution in [2.24, 2.45) is 4.99 Å². The van der Waals surface area contributed by atoms with E-state index in [1.54, 1.807) is 7.11 Å². The Hall–Kier alpha value is -2.33. The molecule has 2 aromatic carbocycles. The number of rotatable bonds is 9. The van der Waals surface area contributed by atoms with E-state index in [0.717, 1.165) is 54.2 Å². The minimum Gasteiger partial charge on any atom is -0.497 e. The van der Waals surface area contributed by atoms with Gasteiger partial charge in [0.05, 0.1) is 30.8 Å². The topological polar surface area (TPSA) is 83.7 Å². The summed E-state index contributed by atoms with van der Waals surface area (Å²) in [6, 6.07) is 15.6. The summed E-state index contributed by atoms with van der Waals surface area (Å²) in [5, 5.41) is 17.0. The molecule has 7 nitrogen and oxygen atoms in total. The maximum Gasteiger partial charge on any atom is 0.191 e. The lowest BCUT2D eigenvalue weighted by Gasteiger charge is -2.14. The highest BCUT2D eigenvalue weighted by molar-refractivity contribution is 14.0. The van der Waals surface area contributed by atoms with Crippen LogP contribution in [-0.4, -0.2) is 47.4 Å². The van der Waals surface area contributed by atoms with E-state index in [9.17, 15) is 5.11 Å². The third-order valence-electron chi connectivity index (χ3n) is 4.94. The van der Waals surface area contributed by atoms with Crippen LogP contribution < -0.4 is 15.4 Å². The second-order valence-corrected chi connectivity index (χ2v) is 7.09. The van der Waals surface area contributed by atoms with Gasteiger partial charge in [-0.1, -0.05) is 24.3 Å². The maximum atomic E-state index is 10.5. The largest absolute Gasteiger partial charge is 0.497 e. The van der Waals surface area contributed by atoms with Crippen LogP contribution in [-0.2, 0) is 6.54 Å². The number of halogens is 1. The Bertz CT molecular complexity index is 989. The number of ether oxygens (including phenoxy) is 1. The summed E-state index contributed by atoms with van der Waals surface area (Å²) in [5.74, 6) is 2.45. The Labute approximate surface area is 201 Å². The Morgan fingerprint density at radius 1 is 1.19 bits per heavy atom. The zero-order chi connectivity index (χ0) is 21.3. The van der Waals surface area contributed by atoms with Gasteiger partial charge in [0.15, 0.2) is 5.96 Å². The van der Waals surface area contributed by atoms with Crippen molar-refractivity contribution in [3.05, 3.63) is 59.9 Å². The lowest BCUT2D eigenvalue weighted by atomic mass is 10.1. The zero-order valence-electron chi connectivity index (χ0n) is 18.3. The second kappa shape index (κ2) is 12.5. The number of nitrogens with zero attached hydrogens (tertiary/aromatic N) is 3. The first-order chi connectivity index (χ1) is 14.6. The van der Waals surface area contributed by atoms with Gasteiger partial charge in [0.1, 0.15) is 11.6 Å². The van der Waals surface area contributed by atoms with Crippen molar-refractivity contribution in [2.45, 2.75) is 32.9 Å². The van der Waals surface area contributed by atoms with E-state index in [2.05, 4.69) is 31.2 Å². The van der Waals surface area contributed by atoms with Crippen molar-refractivity contribution in [1.29, 1.82) is 0 Å². The number of aliphatic imine (C=N–C) groups is 1. The molecule has 8 heteroatoms. The van der Waals surface area contributed by atoms with E-state index >= 15 is 0 Å². The standard InChI is InChI=1S/C23H31N5O2.HI/c1-4-24-23(26-16-22(29)18-9-7-10-19(15-18)30-3)25-13-8-14-28-17(2)27-20-11-5-6-12-21(20)28;/h5-7,9-12,15,22,29H,4,8,13-14,16H2,1-3H3,(H2,24,25,26);1H. The summed E-state index contributed by atoms with van der Waals surface area (Å²) >= 11 is 0. The third kappa shape index (κ3) is 6.83. The quantitative estimate of drug-likeness (QED) is 0.168. The van der Waals surface area contributed by atoms with Crippen LogP contribution in [0.1, 0.15) is 30.8 Å². The molecule has 1 aromatic heterocycles. The smallest absolute Gasteiger partial charge is 0.191 e. The Balaban J connectivity index is 0.00000341. The van der Waals surface area contributed by atoms with Crippen molar-refractivity contribution < 1.29 is 9.84 Å². The summed E-state index contributed by atoms with van der Waals surface area (Å²) in [6.45, 7) is 6.74. The highest BCUT2D eigenvalue weighted by Crippen LogP contribution is 2.19. The number of imidazole rings is 1. The van der Waals surface area contributed by atoms with E-state index in [1.807, 2.05) is 56.3 Å². The molecule has 0 bridgehead atoms. The number of hydrogen-bond acceptors (Lipinski definition) is 4. The number of nitrogens with one attached hydrogen (secondary N) is 2. The highest BCUT2D eigenvalue weighted by atomic mass is 127. The minimum absolute atomic E-state index is 0. The number of methoxy groups -OCH3 is 1. The second-order valence-electron chi connectivity index (χ2n) is 7.09. The number of benzene rings is 2. The van der Waals surface area contributed by atoms with E-state index in [1.165, 1.54) is 0 Å². The van der Waals surface area contributed by atoms with Crippen LogP contribution in [0.2, 0.25) is 0 Å². The van der Waals surface area contributed by atoms with E-state index in [-0.39, 0.29) is 30.5 Å². The van der Waals surface area contributed by atoms with Gasteiger partial charge in [-0.05, 0) is 50.1 Å². The normalized spacial score (nSPS) is 12.3. The summed E-state index contributed by atoms with van der Waals surface area (Å²) in [7, 11) is 1.62. The van der Waals surface area contributed by atoms with Gasteiger partial charge in [0.25, 0.3) is 0 Å². The molecule has 3 aromatic rings. The predicted molar refractivity (Wildman–Crippen MR) is 136 cm³/mol. The van der Waals surface area contributed by atoms with Crippen molar-refractivity contribution in [2.75, 3.05) is 26.7 Å². The number of guanidine groups is 1. The number of aryl methyl sites for hydroxylation is 2. The summed E-state index contributed by atoms with van der Waals surface area (Å²) in [6.07, 6.45) is 0.250. The van der Waals surface area contributed by atoms with Gasteiger partial charge in [-0.3, -0.25) is 4.99 Å². The Kier molecular flexibility index (Phi) is 10.1. The van der Waals surface area contributed by atoms with Crippen LogP contribution in [0.5, 0.6) is 5.75 Å². The van der Waals surface area contributed by atoms with Gasteiger partial charge in [0.2, 0.25) is 0 Å². The first-order valence-electron chi connectivity index (χ1n) is 10.4. The SMILES string of the molecule is CCNC(=NCC(O)c1cccc(OC)c1)NCCCn1c(C)nc2ccccc21.I. The number of aromatic nitrogens is 2. The molecule has 0 aliphatic carbocycles. The number of fused-ring (bicyclic) bond motifs is 1. The lowest BCUT2D eigenvalue weighted by molar-refractivity contribution is 0.186. The lowest BCUT2D eigenvalue weighted by Crippen LogP contribution is -2.38. The van der Waals surface area contributed by atoms with E-state index in [4.69, 9.17) is 4.74 Å². The average Bonchev–Trinajstić information content (AvgIpc) is 3.09. The predicted octanol–water partition coefficient (Wildman–Crippen LogP) is 3.65. The molecular formula is C23H32IN5O2. The molecule has 31 heavy (non-hydrogen) atoms. The monoisotopic (exact) mass is 537 g/mol. The number of para-hydroxylation sites is 2. The molecule has 0 radical (unpaired) electrons. The van der Waals surface area contributed by atoms with Gasteiger partial charge in [0, 0.05) is 19.6 Å². The van der Waals surface area contributed by atoms with Crippen LogP contribution in [0, 0.1) is 6.92 Å². The van der Waals surface area contributed by atoms with Crippen molar-refractivity contribution >= 4 is 41.0 Å². The van der Waals surface area contributed by atoms with Gasteiger partial charge in [-0.25, -0.2) is 4.98 Å². The minimum atomic E-state index is -0.685. The number of aliphatic hydroxyl groups excluding tert-OH is 1. The molecule has 0 fully saturated rings. The molecule has 0 spiro atoms. The van der Waals surface area contributed by atoms with Crippen LogP contribution in [0.3, 0.4) is 0 Å². The van der Waals surface area contributed by atoms with Gasteiger partial charge >= 0.3 is 0 Å². The van der Waals surface area contributed by atoms with Gasteiger partial charge in [-0.15, -0.1) is 24.0 Å². The molecule has 0 amide bonds. The average molecular weight is 537 g/mol. The first-order valence-corrected chi connectivity index (χ1v) is 10.4. The van der Waals surface area contributed by atoms with Gasteiger partial charge in [-0.2, -0.15) is 0 Å². The molecule has 0 saturated carbocycles. The zero-order valence-corrected chi connectivity index (χ0v) is 20.7. The third-order valence-corrected chi connectivity index (χ3v) is 4.94. The molecule has 3 rings (SSSR count). The van der Waals surface area contributed by atoms with Crippen molar-refractivity contribution in [3.63, 3.8) is 0 Å².